The summed E-state index contributed by atoms with van der Waals surface area (Å²) >= 11 is 11.5. The Morgan fingerprint density at radius 3 is 2.67 bits per heavy atom. The molecular weight excluding hydrogens is 237 g/mol. The number of hydrogen-bond acceptors (Lipinski definition) is 3. The van der Waals surface area contributed by atoms with Gasteiger partial charge in [0.05, 0.1) is 16.2 Å². The number of rotatable bonds is 2. The van der Waals surface area contributed by atoms with Gasteiger partial charge in [-0.05, 0) is 18.2 Å². The molecule has 1 aromatic carbocycles. The summed E-state index contributed by atoms with van der Waals surface area (Å²) in [4.78, 5) is 11.7. The number of carbonyl (C=O) groups excluding carboxylic acids is 1. The summed E-state index contributed by atoms with van der Waals surface area (Å²) in [5.41, 5.74) is 0.673. The summed E-state index contributed by atoms with van der Waals surface area (Å²) in [5, 5.41) is 10.4. The topological polar surface area (TPSA) is 58.6 Å². The van der Waals surface area contributed by atoms with Crippen molar-refractivity contribution < 1.29 is 4.79 Å². The molecule has 0 unspecified atom stereocenters. The van der Waals surface area contributed by atoms with Crippen LogP contribution >= 0.6 is 23.2 Å². The number of hydrogen-bond donors (Lipinski definition) is 1. The minimum Gasteiger partial charge on any atom is -0.287 e. The molecule has 0 amide bonds. The van der Waals surface area contributed by atoms with Crippen molar-refractivity contribution in [1.29, 1.82) is 0 Å². The quantitative estimate of drug-likeness (QED) is 0.822. The van der Waals surface area contributed by atoms with E-state index < -0.39 is 0 Å². The first kappa shape index (κ1) is 10.1. The van der Waals surface area contributed by atoms with E-state index in [-0.39, 0.29) is 11.5 Å². The zero-order chi connectivity index (χ0) is 10.8. The average molecular weight is 242 g/mol. The third-order valence-electron chi connectivity index (χ3n) is 1.83. The number of aromatic nitrogens is 3. The van der Waals surface area contributed by atoms with E-state index in [4.69, 9.17) is 23.2 Å². The molecule has 1 aromatic heterocycles. The van der Waals surface area contributed by atoms with Gasteiger partial charge < -0.3 is 0 Å². The molecule has 0 spiro atoms. The number of benzene rings is 1. The lowest BCUT2D eigenvalue weighted by Crippen LogP contribution is -2.01. The standard InChI is InChI=1S/C9H5Cl2N3O/c10-6-2-1-5(3-7(6)11)9(15)8-4-12-14-13-8/h1-4H,(H,12,13,14). The zero-order valence-electron chi connectivity index (χ0n) is 7.37. The van der Waals surface area contributed by atoms with Crippen molar-refractivity contribution in [2.24, 2.45) is 0 Å². The highest BCUT2D eigenvalue weighted by atomic mass is 35.5. The number of H-pyrrole nitrogens is 1. The normalized spacial score (nSPS) is 10.3. The SMILES string of the molecule is O=C(c1ccc(Cl)c(Cl)c1)c1cn[nH]n1. The van der Waals surface area contributed by atoms with Gasteiger partial charge in [0.2, 0.25) is 5.78 Å². The van der Waals surface area contributed by atoms with Crippen molar-refractivity contribution in [2.45, 2.75) is 0 Å². The van der Waals surface area contributed by atoms with Crippen LogP contribution in [0.5, 0.6) is 0 Å². The monoisotopic (exact) mass is 241 g/mol. The fourth-order valence-electron chi connectivity index (χ4n) is 1.10. The van der Waals surface area contributed by atoms with E-state index >= 15 is 0 Å². The van der Waals surface area contributed by atoms with Crippen LogP contribution in [0, 0.1) is 0 Å². The van der Waals surface area contributed by atoms with E-state index in [1.807, 2.05) is 0 Å². The van der Waals surface area contributed by atoms with Crippen LogP contribution < -0.4 is 0 Å². The Hall–Kier alpha value is -1.39. The summed E-state index contributed by atoms with van der Waals surface area (Å²) in [6, 6.07) is 4.66. The van der Waals surface area contributed by atoms with Crippen molar-refractivity contribution in [2.75, 3.05) is 0 Å². The van der Waals surface area contributed by atoms with Crippen LogP contribution in [0.25, 0.3) is 0 Å². The first-order chi connectivity index (χ1) is 7.18. The van der Waals surface area contributed by atoms with Gasteiger partial charge >= 0.3 is 0 Å². The molecular formula is C9H5Cl2N3O. The Morgan fingerprint density at radius 2 is 2.07 bits per heavy atom. The number of nitrogens with one attached hydrogen (secondary N) is 1. The zero-order valence-corrected chi connectivity index (χ0v) is 8.88. The molecule has 2 rings (SSSR count). The van der Waals surface area contributed by atoms with Gasteiger partial charge in [0.25, 0.3) is 0 Å². The highest BCUT2D eigenvalue weighted by molar-refractivity contribution is 6.42. The maximum atomic E-state index is 11.7. The summed E-state index contributed by atoms with van der Waals surface area (Å²) < 4.78 is 0. The molecule has 1 heterocycles. The van der Waals surface area contributed by atoms with Gasteiger partial charge in [-0.15, -0.1) is 0 Å². The largest absolute Gasteiger partial charge is 0.287 e. The molecule has 1 N–H and O–H groups in total. The van der Waals surface area contributed by atoms with Crippen molar-refractivity contribution in [1.82, 2.24) is 15.4 Å². The van der Waals surface area contributed by atoms with Crippen LogP contribution in [-0.4, -0.2) is 21.2 Å². The molecule has 0 saturated heterocycles. The van der Waals surface area contributed by atoms with Crippen LogP contribution in [-0.2, 0) is 0 Å². The number of aromatic amines is 1. The van der Waals surface area contributed by atoms with Crippen molar-refractivity contribution in [3.63, 3.8) is 0 Å². The van der Waals surface area contributed by atoms with Crippen LogP contribution in [0.1, 0.15) is 16.1 Å². The molecule has 0 radical (unpaired) electrons. The Kier molecular flexibility index (Phi) is 2.70. The van der Waals surface area contributed by atoms with Gasteiger partial charge in [-0.3, -0.25) is 4.79 Å². The highest BCUT2D eigenvalue weighted by Gasteiger charge is 2.12. The van der Waals surface area contributed by atoms with Crippen LogP contribution in [0.15, 0.2) is 24.4 Å². The number of nitrogens with zero attached hydrogens (tertiary/aromatic N) is 2. The van der Waals surface area contributed by atoms with E-state index in [0.717, 1.165) is 0 Å². The lowest BCUT2D eigenvalue weighted by molar-refractivity contribution is 0.103. The second-order valence-corrected chi connectivity index (χ2v) is 3.63. The third-order valence-corrected chi connectivity index (χ3v) is 2.57. The van der Waals surface area contributed by atoms with Gasteiger partial charge in [-0.2, -0.15) is 15.4 Å². The van der Waals surface area contributed by atoms with Crippen LogP contribution in [0.3, 0.4) is 0 Å². The maximum Gasteiger partial charge on any atom is 0.214 e. The van der Waals surface area contributed by atoms with E-state index in [0.29, 0.717) is 15.6 Å². The van der Waals surface area contributed by atoms with Gasteiger partial charge in [-0.1, -0.05) is 23.2 Å². The van der Waals surface area contributed by atoms with Crippen molar-refractivity contribution >= 4 is 29.0 Å². The second kappa shape index (κ2) is 4.00. The second-order valence-electron chi connectivity index (χ2n) is 2.81. The van der Waals surface area contributed by atoms with Crippen LogP contribution in [0.4, 0.5) is 0 Å². The molecule has 2 aromatic rings. The predicted octanol–water partition coefficient (Wildman–Crippen LogP) is 2.34. The first-order valence-electron chi connectivity index (χ1n) is 4.04. The molecule has 6 heteroatoms. The Balaban J connectivity index is 2.39. The smallest absolute Gasteiger partial charge is 0.214 e. The van der Waals surface area contributed by atoms with E-state index in [9.17, 15) is 4.79 Å². The lowest BCUT2D eigenvalue weighted by atomic mass is 10.1. The number of ketones is 1. The minimum absolute atomic E-state index is 0.244. The lowest BCUT2D eigenvalue weighted by Gasteiger charge is -1.99. The van der Waals surface area contributed by atoms with Gasteiger partial charge in [0, 0.05) is 5.56 Å². The molecule has 0 fully saturated rings. The average Bonchev–Trinajstić information content (AvgIpc) is 2.74. The molecule has 4 nitrogen and oxygen atoms in total. The first-order valence-corrected chi connectivity index (χ1v) is 4.79. The fourth-order valence-corrected chi connectivity index (χ4v) is 1.39. The van der Waals surface area contributed by atoms with Gasteiger partial charge in [-0.25, -0.2) is 0 Å². The summed E-state index contributed by atoms with van der Waals surface area (Å²) in [6.07, 6.45) is 1.35. The Morgan fingerprint density at radius 1 is 1.27 bits per heavy atom. The molecule has 0 saturated carbocycles. The molecule has 0 atom stereocenters. The molecule has 0 aliphatic heterocycles. The van der Waals surface area contributed by atoms with E-state index in [1.54, 1.807) is 12.1 Å². The van der Waals surface area contributed by atoms with Gasteiger partial charge in [0.15, 0.2) is 5.69 Å². The minimum atomic E-state index is -0.248. The fraction of sp³-hybridized carbons (Fsp3) is 0. The Labute approximate surface area is 95.2 Å². The van der Waals surface area contributed by atoms with E-state index in [1.165, 1.54) is 12.3 Å². The maximum absolute atomic E-state index is 11.7. The van der Waals surface area contributed by atoms with Crippen molar-refractivity contribution in [3.8, 4) is 0 Å². The Bertz CT molecular complexity index is 496. The molecule has 0 bridgehead atoms. The highest BCUT2D eigenvalue weighted by Crippen LogP contribution is 2.23. The number of halogens is 2. The molecule has 0 aliphatic carbocycles. The molecule has 15 heavy (non-hydrogen) atoms. The van der Waals surface area contributed by atoms with Gasteiger partial charge in [0.1, 0.15) is 0 Å². The van der Waals surface area contributed by atoms with Crippen LogP contribution in [0.2, 0.25) is 10.0 Å². The summed E-state index contributed by atoms with van der Waals surface area (Å²) in [6.45, 7) is 0. The third kappa shape index (κ3) is 2.00. The number of carbonyl (C=O) groups is 1. The summed E-state index contributed by atoms with van der Waals surface area (Å²) in [7, 11) is 0. The van der Waals surface area contributed by atoms with E-state index in [2.05, 4.69) is 15.4 Å². The summed E-state index contributed by atoms with van der Waals surface area (Å²) in [5.74, 6) is -0.248. The molecule has 0 aliphatic rings. The van der Waals surface area contributed by atoms with Crippen molar-refractivity contribution in [3.05, 3.63) is 45.7 Å². The molecule has 76 valence electrons. The predicted molar refractivity (Wildman–Crippen MR) is 56.3 cm³/mol.